The molecule has 0 saturated heterocycles. The molecule has 0 radical (unpaired) electrons. The van der Waals surface area contributed by atoms with Crippen LogP contribution in [0.3, 0.4) is 0 Å². The van der Waals surface area contributed by atoms with E-state index >= 15 is 0 Å². The molecule has 0 aliphatic carbocycles. The first-order valence-electron chi connectivity index (χ1n) is 6.13. The highest BCUT2D eigenvalue weighted by atomic mass is 35.5. The standard InChI is InChI=1S/C14H16ClN3O2/c1-17-14-12(13(16)20)11(19)7-10(18(14)2)8-3-5-9(15)6-4-8/h3-6,10,19H,7H2,1-2H3,(H2,16,20). The lowest BCUT2D eigenvalue weighted by Crippen LogP contribution is -2.41. The number of aliphatic hydroxyl groups excluding tert-OH is 1. The van der Waals surface area contributed by atoms with E-state index in [0.717, 1.165) is 5.56 Å². The van der Waals surface area contributed by atoms with Gasteiger partial charge in [0.2, 0.25) is 0 Å². The number of halogens is 1. The molecule has 5 nitrogen and oxygen atoms in total. The minimum atomic E-state index is -0.676. The molecule has 1 atom stereocenters. The second-order valence-electron chi connectivity index (χ2n) is 4.62. The van der Waals surface area contributed by atoms with Crippen LogP contribution < -0.4 is 5.73 Å². The van der Waals surface area contributed by atoms with Gasteiger partial charge in [0.1, 0.15) is 17.2 Å². The van der Waals surface area contributed by atoms with E-state index in [1.54, 1.807) is 19.2 Å². The number of likely N-dealkylation sites (N-methyl/N-ethyl adjacent to an activating group) is 1. The second-order valence-corrected chi connectivity index (χ2v) is 5.05. The Morgan fingerprint density at radius 2 is 2.05 bits per heavy atom. The highest BCUT2D eigenvalue weighted by Gasteiger charge is 2.33. The molecule has 1 aromatic carbocycles. The van der Waals surface area contributed by atoms with Crippen molar-refractivity contribution < 1.29 is 9.90 Å². The monoisotopic (exact) mass is 293 g/mol. The molecule has 1 aliphatic heterocycles. The number of carbonyl (C=O) groups excluding carboxylic acids is 1. The summed E-state index contributed by atoms with van der Waals surface area (Å²) in [4.78, 5) is 17.4. The number of primary amides is 1. The van der Waals surface area contributed by atoms with Gasteiger partial charge in [0.25, 0.3) is 5.91 Å². The van der Waals surface area contributed by atoms with E-state index in [2.05, 4.69) is 4.99 Å². The first kappa shape index (κ1) is 14.4. The van der Waals surface area contributed by atoms with Gasteiger partial charge in [-0.05, 0) is 17.7 Å². The molecule has 1 amide bonds. The average molecular weight is 294 g/mol. The minimum absolute atomic E-state index is 0.0313. The van der Waals surface area contributed by atoms with Crippen molar-refractivity contribution in [2.75, 3.05) is 14.1 Å². The van der Waals surface area contributed by atoms with E-state index in [9.17, 15) is 9.90 Å². The number of amidine groups is 1. The molecule has 0 fully saturated rings. The van der Waals surface area contributed by atoms with Crippen molar-refractivity contribution in [3.05, 3.63) is 46.2 Å². The molecule has 0 spiro atoms. The maximum absolute atomic E-state index is 11.4. The van der Waals surface area contributed by atoms with Crippen LogP contribution in [0.5, 0.6) is 0 Å². The smallest absolute Gasteiger partial charge is 0.255 e. The molecule has 106 valence electrons. The normalized spacial score (nSPS) is 21.4. The Morgan fingerprint density at radius 3 is 2.55 bits per heavy atom. The highest BCUT2D eigenvalue weighted by molar-refractivity contribution is 6.30. The molecule has 2 rings (SSSR count). The zero-order chi connectivity index (χ0) is 14.9. The summed E-state index contributed by atoms with van der Waals surface area (Å²) in [6, 6.07) is 7.24. The Balaban J connectivity index is 2.45. The molecule has 1 aliphatic rings. The third-order valence-corrected chi connectivity index (χ3v) is 3.67. The van der Waals surface area contributed by atoms with Crippen LogP contribution in [-0.4, -0.2) is 35.8 Å². The van der Waals surface area contributed by atoms with Crippen LogP contribution in [0.1, 0.15) is 18.0 Å². The van der Waals surface area contributed by atoms with E-state index < -0.39 is 5.91 Å². The van der Waals surface area contributed by atoms with Crippen LogP contribution in [-0.2, 0) is 4.79 Å². The number of rotatable bonds is 2. The maximum Gasteiger partial charge on any atom is 0.255 e. The number of aliphatic hydroxyl groups is 1. The highest BCUT2D eigenvalue weighted by Crippen LogP contribution is 2.33. The fraction of sp³-hybridized carbons (Fsp3) is 0.286. The SMILES string of the molecule is CN=C1C(C(N)=O)=C(O)CC(c2ccc(Cl)cc2)N1C. The number of benzene rings is 1. The summed E-state index contributed by atoms with van der Waals surface area (Å²) in [7, 11) is 3.38. The topological polar surface area (TPSA) is 78.9 Å². The van der Waals surface area contributed by atoms with Crippen LogP contribution in [0.15, 0.2) is 40.6 Å². The van der Waals surface area contributed by atoms with Crippen LogP contribution >= 0.6 is 11.6 Å². The number of hydrogen-bond donors (Lipinski definition) is 2. The number of carbonyl (C=O) groups is 1. The summed E-state index contributed by atoms with van der Waals surface area (Å²) in [6.45, 7) is 0. The zero-order valence-electron chi connectivity index (χ0n) is 11.3. The summed E-state index contributed by atoms with van der Waals surface area (Å²) in [5.41, 5.74) is 6.37. The van der Waals surface area contributed by atoms with Gasteiger partial charge in [-0.1, -0.05) is 23.7 Å². The Kier molecular flexibility index (Phi) is 3.99. The molecular weight excluding hydrogens is 278 g/mol. The van der Waals surface area contributed by atoms with Crippen molar-refractivity contribution >= 4 is 23.3 Å². The first-order valence-corrected chi connectivity index (χ1v) is 6.51. The summed E-state index contributed by atoms with van der Waals surface area (Å²) >= 11 is 5.88. The van der Waals surface area contributed by atoms with Crippen molar-refractivity contribution in [1.82, 2.24) is 4.90 Å². The van der Waals surface area contributed by atoms with Crippen molar-refractivity contribution in [3.63, 3.8) is 0 Å². The third-order valence-electron chi connectivity index (χ3n) is 3.41. The van der Waals surface area contributed by atoms with Crippen LogP contribution in [0.2, 0.25) is 5.02 Å². The summed E-state index contributed by atoms with van der Waals surface area (Å²) < 4.78 is 0. The van der Waals surface area contributed by atoms with Gasteiger partial charge in [-0.15, -0.1) is 0 Å². The molecule has 0 bridgehead atoms. The first-order chi connectivity index (χ1) is 9.45. The van der Waals surface area contributed by atoms with Crippen molar-refractivity contribution in [2.45, 2.75) is 12.5 Å². The molecule has 1 heterocycles. The third kappa shape index (κ3) is 2.49. The van der Waals surface area contributed by atoms with Gasteiger partial charge in [0.15, 0.2) is 0 Å². The maximum atomic E-state index is 11.4. The fourth-order valence-electron chi connectivity index (χ4n) is 2.42. The van der Waals surface area contributed by atoms with E-state index in [1.165, 1.54) is 0 Å². The van der Waals surface area contributed by atoms with Gasteiger partial charge >= 0.3 is 0 Å². The van der Waals surface area contributed by atoms with Gasteiger partial charge in [-0.3, -0.25) is 9.79 Å². The Bertz CT molecular complexity index is 593. The lowest BCUT2D eigenvalue weighted by molar-refractivity contribution is -0.114. The van der Waals surface area contributed by atoms with Crippen LogP contribution in [0.4, 0.5) is 0 Å². The molecule has 20 heavy (non-hydrogen) atoms. The fourth-order valence-corrected chi connectivity index (χ4v) is 2.55. The second kappa shape index (κ2) is 5.54. The van der Waals surface area contributed by atoms with Crippen LogP contribution in [0, 0.1) is 0 Å². The Morgan fingerprint density at radius 1 is 1.45 bits per heavy atom. The summed E-state index contributed by atoms with van der Waals surface area (Å²) in [5.74, 6) is -0.318. The molecule has 1 unspecified atom stereocenters. The number of amides is 1. The van der Waals surface area contributed by atoms with Gasteiger partial charge < -0.3 is 15.7 Å². The van der Waals surface area contributed by atoms with Crippen LogP contribution in [0.25, 0.3) is 0 Å². The minimum Gasteiger partial charge on any atom is -0.511 e. The molecule has 1 aromatic rings. The van der Waals surface area contributed by atoms with Crippen molar-refractivity contribution in [3.8, 4) is 0 Å². The average Bonchev–Trinajstić information content (AvgIpc) is 2.41. The van der Waals surface area contributed by atoms with E-state index in [1.807, 2.05) is 24.1 Å². The molecule has 3 N–H and O–H groups in total. The zero-order valence-corrected chi connectivity index (χ0v) is 12.1. The molecular formula is C14H16ClN3O2. The number of hydrogen-bond acceptors (Lipinski definition) is 3. The lowest BCUT2D eigenvalue weighted by Gasteiger charge is -2.35. The molecule has 6 heteroatoms. The van der Waals surface area contributed by atoms with Gasteiger partial charge in [-0.2, -0.15) is 0 Å². The van der Waals surface area contributed by atoms with E-state index in [4.69, 9.17) is 17.3 Å². The number of nitrogens with zero attached hydrogens (tertiary/aromatic N) is 2. The molecule has 0 aromatic heterocycles. The Labute approximate surface area is 122 Å². The predicted molar refractivity (Wildman–Crippen MR) is 78.8 cm³/mol. The van der Waals surface area contributed by atoms with Gasteiger partial charge in [-0.25, -0.2) is 0 Å². The quantitative estimate of drug-likeness (QED) is 0.876. The summed E-state index contributed by atoms with van der Waals surface area (Å²) in [6.07, 6.45) is 0.301. The van der Waals surface area contributed by atoms with Gasteiger partial charge in [0.05, 0.1) is 6.04 Å². The largest absolute Gasteiger partial charge is 0.511 e. The van der Waals surface area contributed by atoms with E-state index in [-0.39, 0.29) is 17.4 Å². The lowest BCUT2D eigenvalue weighted by atomic mass is 9.94. The number of nitrogens with two attached hydrogens (primary N) is 1. The van der Waals surface area contributed by atoms with Crippen molar-refractivity contribution in [2.24, 2.45) is 10.7 Å². The van der Waals surface area contributed by atoms with Gasteiger partial charge in [0, 0.05) is 25.5 Å². The Hall–Kier alpha value is -2.01. The van der Waals surface area contributed by atoms with E-state index in [0.29, 0.717) is 17.3 Å². The summed E-state index contributed by atoms with van der Waals surface area (Å²) in [5, 5.41) is 10.7. The molecule has 0 saturated carbocycles. The predicted octanol–water partition coefficient (Wildman–Crippen LogP) is 2.04. The number of aliphatic imine (C=N–C) groups is 1. The van der Waals surface area contributed by atoms with Crippen molar-refractivity contribution in [1.29, 1.82) is 0 Å².